The number of carbonyl (C=O) groups is 1. The zero-order valence-electron chi connectivity index (χ0n) is 17.3. The Morgan fingerprint density at radius 2 is 1.81 bits per heavy atom. The monoisotopic (exact) mass is 452 g/mol. The van der Waals surface area contributed by atoms with Gasteiger partial charge in [-0.3, -0.25) is 9.89 Å². The van der Waals surface area contributed by atoms with Crippen LogP contribution >= 0.6 is 0 Å². The Kier molecular flexibility index (Phi) is 5.78. The number of rotatable bonds is 7. The second-order valence-corrected chi connectivity index (χ2v) is 8.80. The molecular weight excluding hydrogens is 432 g/mol. The lowest BCUT2D eigenvalue weighted by molar-refractivity contribution is 0.0950. The van der Waals surface area contributed by atoms with Crippen LogP contribution in [-0.2, 0) is 16.4 Å². The summed E-state index contributed by atoms with van der Waals surface area (Å²) in [5.41, 5.74) is 1.76. The van der Waals surface area contributed by atoms with E-state index in [-0.39, 0.29) is 28.0 Å². The van der Waals surface area contributed by atoms with E-state index in [4.69, 9.17) is 9.47 Å². The van der Waals surface area contributed by atoms with Crippen LogP contribution < -0.4 is 14.8 Å². The van der Waals surface area contributed by atoms with Gasteiger partial charge in [0.15, 0.2) is 5.65 Å². The summed E-state index contributed by atoms with van der Waals surface area (Å²) in [6, 6.07) is 12.5. The maximum Gasteiger partial charge on any atom is 0.253 e. The largest absolute Gasteiger partial charge is 0.497 e. The Labute approximate surface area is 184 Å². The number of nitrogens with one attached hydrogen (secondary N) is 2. The molecule has 32 heavy (non-hydrogen) atoms. The number of H-pyrrole nitrogens is 1. The number of hydrogen-bond acceptors (Lipinski definition) is 7. The van der Waals surface area contributed by atoms with Crippen LogP contribution in [0.3, 0.4) is 0 Å². The third-order valence-electron chi connectivity index (χ3n) is 4.90. The Bertz CT molecular complexity index is 1380. The van der Waals surface area contributed by atoms with Crippen molar-refractivity contribution in [1.29, 1.82) is 0 Å². The van der Waals surface area contributed by atoms with Crippen LogP contribution in [0.25, 0.3) is 11.0 Å². The van der Waals surface area contributed by atoms with Gasteiger partial charge in [0.05, 0.1) is 30.9 Å². The molecule has 0 saturated carbocycles. The van der Waals surface area contributed by atoms with Gasteiger partial charge in [0, 0.05) is 24.2 Å². The van der Waals surface area contributed by atoms with Crippen LogP contribution in [0, 0.1) is 0 Å². The van der Waals surface area contributed by atoms with Crippen LogP contribution in [0.1, 0.15) is 15.9 Å². The Balaban J connectivity index is 1.48. The van der Waals surface area contributed by atoms with Crippen molar-refractivity contribution in [2.24, 2.45) is 0 Å². The standard InChI is InChI=1S/C22H20N4O5S/c1-30-17-5-8-20(19(10-17)31-2)32(28,29)18-6-3-14(4-7-18)11-24-22(27)16-9-15-13-25-26-21(15)23-12-16/h3-10,12-13H,11H2,1-2H3,(H,24,27)(H,23,25,26). The lowest BCUT2D eigenvalue weighted by Gasteiger charge is -2.12. The molecule has 0 aliphatic carbocycles. The molecule has 0 bridgehead atoms. The molecule has 0 radical (unpaired) electrons. The van der Waals surface area contributed by atoms with Gasteiger partial charge in [-0.2, -0.15) is 5.10 Å². The molecule has 0 aliphatic rings. The normalized spacial score (nSPS) is 11.3. The van der Waals surface area contributed by atoms with Crippen LogP contribution in [-0.4, -0.2) is 43.7 Å². The van der Waals surface area contributed by atoms with Gasteiger partial charge < -0.3 is 14.8 Å². The number of aromatic amines is 1. The zero-order valence-corrected chi connectivity index (χ0v) is 18.1. The van der Waals surface area contributed by atoms with Gasteiger partial charge in [-0.25, -0.2) is 13.4 Å². The Morgan fingerprint density at radius 3 is 2.53 bits per heavy atom. The maximum absolute atomic E-state index is 13.1. The fraction of sp³-hybridized carbons (Fsp3) is 0.136. The molecule has 4 aromatic rings. The van der Waals surface area contributed by atoms with E-state index in [9.17, 15) is 13.2 Å². The highest BCUT2D eigenvalue weighted by Gasteiger charge is 2.22. The van der Waals surface area contributed by atoms with E-state index >= 15 is 0 Å². The van der Waals surface area contributed by atoms with E-state index in [0.717, 1.165) is 10.9 Å². The first-order valence-corrected chi connectivity index (χ1v) is 11.0. The topological polar surface area (TPSA) is 123 Å². The third kappa shape index (κ3) is 4.12. The molecule has 1 amide bonds. The number of ether oxygens (including phenoxy) is 2. The average molecular weight is 452 g/mol. The molecule has 0 saturated heterocycles. The lowest BCUT2D eigenvalue weighted by atomic mass is 10.2. The molecule has 2 N–H and O–H groups in total. The lowest BCUT2D eigenvalue weighted by Crippen LogP contribution is -2.22. The number of fused-ring (bicyclic) bond motifs is 1. The number of benzene rings is 2. The minimum absolute atomic E-state index is 0.0454. The molecule has 4 rings (SSSR count). The van der Waals surface area contributed by atoms with Crippen molar-refractivity contribution in [3.05, 3.63) is 72.1 Å². The number of sulfone groups is 1. The average Bonchev–Trinajstić information content (AvgIpc) is 3.30. The second kappa shape index (κ2) is 8.67. The summed E-state index contributed by atoms with van der Waals surface area (Å²) in [7, 11) is -0.903. The summed E-state index contributed by atoms with van der Waals surface area (Å²) >= 11 is 0. The molecule has 0 atom stereocenters. The Hall–Kier alpha value is -3.92. The molecule has 0 fully saturated rings. The SMILES string of the molecule is COc1ccc(S(=O)(=O)c2ccc(CNC(=O)c3cnc4[nH]ncc4c3)cc2)c(OC)c1. The highest BCUT2D eigenvalue weighted by molar-refractivity contribution is 7.91. The van der Waals surface area contributed by atoms with E-state index in [2.05, 4.69) is 20.5 Å². The van der Waals surface area contributed by atoms with E-state index < -0.39 is 9.84 Å². The first-order chi connectivity index (χ1) is 15.4. The first kappa shape index (κ1) is 21.3. The molecule has 2 heterocycles. The molecule has 10 heteroatoms. The quantitative estimate of drug-likeness (QED) is 0.442. The fourth-order valence-electron chi connectivity index (χ4n) is 3.16. The van der Waals surface area contributed by atoms with E-state index in [0.29, 0.717) is 17.0 Å². The summed E-state index contributed by atoms with van der Waals surface area (Å²) in [5.74, 6) is 0.401. The van der Waals surface area contributed by atoms with Crippen LogP contribution in [0.4, 0.5) is 0 Å². The first-order valence-electron chi connectivity index (χ1n) is 9.56. The fourth-order valence-corrected chi connectivity index (χ4v) is 4.56. The summed E-state index contributed by atoms with van der Waals surface area (Å²) in [4.78, 5) is 16.7. The van der Waals surface area contributed by atoms with Crippen molar-refractivity contribution in [3.8, 4) is 11.5 Å². The number of nitrogens with zero attached hydrogens (tertiary/aromatic N) is 2. The van der Waals surface area contributed by atoms with Crippen molar-refractivity contribution in [2.45, 2.75) is 16.3 Å². The van der Waals surface area contributed by atoms with Gasteiger partial charge >= 0.3 is 0 Å². The van der Waals surface area contributed by atoms with Crippen molar-refractivity contribution >= 4 is 26.8 Å². The summed E-state index contributed by atoms with van der Waals surface area (Å²) < 4.78 is 36.5. The molecule has 0 aliphatic heterocycles. The predicted molar refractivity (Wildman–Crippen MR) is 116 cm³/mol. The van der Waals surface area contributed by atoms with Gasteiger partial charge in [0.25, 0.3) is 5.91 Å². The predicted octanol–water partition coefficient (Wildman–Crippen LogP) is 2.74. The van der Waals surface area contributed by atoms with Gasteiger partial charge in [-0.05, 0) is 35.9 Å². The van der Waals surface area contributed by atoms with Crippen molar-refractivity contribution in [3.63, 3.8) is 0 Å². The molecule has 2 aromatic heterocycles. The summed E-state index contributed by atoms with van der Waals surface area (Å²) in [6.45, 7) is 0.231. The molecule has 2 aromatic carbocycles. The highest BCUT2D eigenvalue weighted by atomic mass is 32.2. The van der Waals surface area contributed by atoms with Gasteiger partial charge in [0.1, 0.15) is 16.4 Å². The molecule has 164 valence electrons. The van der Waals surface area contributed by atoms with Crippen molar-refractivity contribution < 1.29 is 22.7 Å². The van der Waals surface area contributed by atoms with Crippen LogP contribution in [0.15, 0.2) is 70.7 Å². The number of carbonyl (C=O) groups excluding carboxylic acids is 1. The van der Waals surface area contributed by atoms with Crippen LogP contribution in [0.5, 0.6) is 11.5 Å². The summed E-state index contributed by atoms with van der Waals surface area (Å²) in [5, 5.41) is 10.1. The van der Waals surface area contributed by atoms with E-state index in [1.807, 2.05) is 0 Å². The Morgan fingerprint density at radius 1 is 1.03 bits per heavy atom. The third-order valence-corrected chi connectivity index (χ3v) is 6.71. The molecular formula is C22H20N4O5S. The van der Waals surface area contributed by atoms with Crippen molar-refractivity contribution in [2.75, 3.05) is 14.2 Å². The van der Waals surface area contributed by atoms with Crippen molar-refractivity contribution in [1.82, 2.24) is 20.5 Å². The zero-order chi connectivity index (χ0) is 22.7. The van der Waals surface area contributed by atoms with Gasteiger partial charge in [-0.15, -0.1) is 0 Å². The number of methoxy groups -OCH3 is 2. The van der Waals surface area contributed by atoms with Crippen LogP contribution in [0.2, 0.25) is 0 Å². The number of amides is 1. The molecule has 0 unspecified atom stereocenters. The molecule has 0 spiro atoms. The second-order valence-electron chi connectivity index (χ2n) is 6.88. The maximum atomic E-state index is 13.1. The number of hydrogen-bond donors (Lipinski definition) is 2. The number of pyridine rings is 1. The highest BCUT2D eigenvalue weighted by Crippen LogP contribution is 2.32. The van der Waals surface area contributed by atoms with Gasteiger partial charge in [0.2, 0.25) is 9.84 Å². The smallest absolute Gasteiger partial charge is 0.253 e. The minimum Gasteiger partial charge on any atom is -0.497 e. The number of aromatic nitrogens is 3. The minimum atomic E-state index is -3.80. The van der Waals surface area contributed by atoms with Gasteiger partial charge in [-0.1, -0.05) is 12.1 Å². The summed E-state index contributed by atoms with van der Waals surface area (Å²) in [6.07, 6.45) is 3.06. The van der Waals surface area contributed by atoms with E-state index in [1.54, 1.807) is 30.5 Å². The molecule has 9 nitrogen and oxygen atoms in total. The van der Waals surface area contributed by atoms with E-state index in [1.165, 1.54) is 44.7 Å².